The van der Waals surface area contributed by atoms with Crippen molar-refractivity contribution >= 4 is 27.6 Å². The summed E-state index contributed by atoms with van der Waals surface area (Å²) in [6, 6.07) is 10.6. The van der Waals surface area contributed by atoms with Crippen molar-refractivity contribution < 1.29 is 27.1 Å². The second kappa shape index (κ2) is 11.6. The van der Waals surface area contributed by atoms with Crippen molar-refractivity contribution in [2.45, 2.75) is 62.4 Å². The Morgan fingerprint density at radius 1 is 1.11 bits per heavy atom. The fourth-order valence-electron chi connectivity index (χ4n) is 5.11. The number of hydrogen-bond acceptors (Lipinski definition) is 6. The number of halogens is 1. The number of nitrogens with one attached hydrogen (secondary N) is 2. The molecule has 0 unspecified atom stereocenters. The van der Waals surface area contributed by atoms with Gasteiger partial charge in [0, 0.05) is 24.2 Å². The summed E-state index contributed by atoms with van der Waals surface area (Å²) in [5.74, 6) is -0.957. The van der Waals surface area contributed by atoms with Crippen molar-refractivity contribution in [3.8, 4) is 0 Å². The Morgan fingerprint density at radius 3 is 2.49 bits per heavy atom. The minimum Gasteiger partial charge on any atom is -0.468 e. The SMILES string of the molecule is COC(=O)CN1CCCc2ccc(S(=O)(=O)NC3CCC(C(=O)N[C@H](C)c4ccc(F)cc4)CC3)cc21. The summed E-state index contributed by atoms with van der Waals surface area (Å²) < 4.78 is 47.1. The first-order valence-corrected chi connectivity index (χ1v) is 14.2. The number of carbonyl (C=O) groups excluding carboxylic acids is 2. The molecule has 0 radical (unpaired) electrons. The number of aryl methyl sites for hydroxylation is 1. The quantitative estimate of drug-likeness (QED) is 0.506. The van der Waals surface area contributed by atoms with Crippen LogP contribution in [0.4, 0.5) is 10.1 Å². The number of benzene rings is 2. The van der Waals surface area contributed by atoms with Crippen LogP contribution in [0.5, 0.6) is 0 Å². The van der Waals surface area contributed by atoms with Crippen LogP contribution < -0.4 is 14.9 Å². The molecule has 0 spiro atoms. The summed E-state index contributed by atoms with van der Waals surface area (Å²) in [4.78, 5) is 26.6. The van der Waals surface area contributed by atoms with Gasteiger partial charge >= 0.3 is 5.97 Å². The van der Waals surface area contributed by atoms with Crippen molar-refractivity contribution in [3.05, 3.63) is 59.4 Å². The van der Waals surface area contributed by atoms with E-state index in [4.69, 9.17) is 4.74 Å². The predicted octanol–water partition coefficient (Wildman–Crippen LogP) is 3.47. The van der Waals surface area contributed by atoms with Gasteiger partial charge in [-0.3, -0.25) is 9.59 Å². The van der Waals surface area contributed by atoms with Gasteiger partial charge in [0.25, 0.3) is 0 Å². The van der Waals surface area contributed by atoms with Gasteiger partial charge in [-0.15, -0.1) is 0 Å². The molecular weight excluding hydrogens is 497 g/mol. The highest BCUT2D eigenvalue weighted by atomic mass is 32.2. The van der Waals surface area contributed by atoms with E-state index in [0.717, 1.165) is 29.7 Å². The molecule has 2 aliphatic rings. The average molecular weight is 532 g/mol. The highest BCUT2D eigenvalue weighted by molar-refractivity contribution is 7.89. The Labute approximate surface area is 217 Å². The second-order valence-electron chi connectivity index (χ2n) is 9.84. The minimum atomic E-state index is -3.77. The Hall–Kier alpha value is -2.98. The van der Waals surface area contributed by atoms with Crippen LogP contribution in [0.25, 0.3) is 0 Å². The fourth-order valence-corrected chi connectivity index (χ4v) is 6.43. The summed E-state index contributed by atoms with van der Waals surface area (Å²) in [7, 11) is -2.44. The normalized spacial score (nSPS) is 20.6. The van der Waals surface area contributed by atoms with Gasteiger partial charge in [-0.1, -0.05) is 18.2 Å². The molecule has 0 saturated heterocycles. The monoisotopic (exact) mass is 531 g/mol. The number of rotatable bonds is 8. The number of fused-ring (bicyclic) bond motifs is 1. The summed E-state index contributed by atoms with van der Waals surface area (Å²) in [6.45, 7) is 2.59. The number of methoxy groups -OCH3 is 1. The molecule has 2 aromatic carbocycles. The van der Waals surface area contributed by atoms with Gasteiger partial charge in [-0.25, -0.2) is 17.5 Å². The van der Waals surface area contributed by atoms with Crippen LogP contribution in [0, 0.1) is 11.7 Å². The third kappa shape index (κ3) is 6.67. The molecule has 37 heavy (non-hydrogen) atoms. The van der Waals surface area contributed by atoms with E-state index in [9.17, 15) is 22.4 Å². The third-order valence-electron chi connectivity index (χ3n) is 7.28. The number of carbonyl (C=O) groups is 2. The Kier molecular flexibility index (Phi) is 8.49. The lowest BCUT2D eigenvalue weighted by Gasteiger charge is -2.31. The molecule has 1 aliphatic heterocycles. The molecule has 2 aromatic rings. The van der Waals surface area contributed by atoms with E-state index >= 15 is 0 Å². The van der Waals surface area contributed by atoms with Crippen LogP contribution >= 0.6 is 0 Å². The molecule has 1 heterocycles. The molecule has 2 N–H and O–H groups in total. The molecule has 1 aliphatic carbocycles. The second-order valence-corrected chi connectivity index (χ2v) is 11.6. The maximum absolute atomic E-state index is 13.2. The van der Waals surface area contributed by atoms with Crippen LogP contribution in [0.1, 0.15) is 56.2 Å². The molecule has 1 fully saturated rings. The van der Waals surface area contributed by atoms with Crippen molar-refractivity contribution in [3.63, 3.8) is 0 Å². The zero-order valence-corrected chi connectivity index (χ0v) is 22.0. The standard InChI is InChI=1S/C27H34FN3O5S/c1-18(19-5-10-22(28)11-6-19)29-27(33)21-7-12-23(13-8-21)30-37(34,35)24-14-9-20-4-3-15-31(25(20)16-24)17-26(32)36-2/h5-6,9-11,14,16,18,21,23,30H,3-4,7-8,12-13,15,17H2,1-2H3,(H,29,33)/t18-,21?,23?/m1/s1. The van der Waals surface area contributed by atoms with Gasteiger partial charge in [0.05, 0.1) is 18.0 Å². The molecule has 4 rings (SSSR count). The van der Waals surface area contributed by atoms with Crippen LogP contribution in [0.2, 0.25) is 0 Å². The molecule has 0 aromatic heterocycles. The minimum absolute atomic E-state index is 0.0708. The first-order chi connectivity index (χ1) is 17.7. The lowest BCUT2D eigenvalue weighted by atomic mass is 9.85. The predicted molar refractivity (Wildman–Crippen MR) is 138 cm³/mol. The number of amides is 1. The molecule has 0 bridgehead atoms. The van der Waals surface area contributed by atoms with Crippen molar-refractivity contribution in [1.82, 2.24) is 10.0 Å². The van der Waals surface area contributed by atoms with Crippen LogP contribution in [0.3, 0.4) is 0 Å². The van der Waals surface area contributed by atoms with Crippen molar-refractivity contribution in [2.75, 3.05) is 25.1 Å². The van der Waals surface area contributed by atoms with Crippen LogP contribution in [-0.4, -0.2) is 46.5 Å². The van der Waals surface area contributed by atoms with E-state index in [1.165, 1.54) is 19.2 Å². The van der Waals surface area contributed by atoms with Crippen molar-refractivity contribution in [2.24, 2.45) is 5.92 Å². The zero-order valence-electron chi connectivity index (χ0n) is 21.2. The number of hydrogen-bond donors (Lipinski definition) is 2. The molecule has 1 amide bonds. The third-order valence-corrected chi connectivity index (χ3v) is 8.80. The van der Waals surface area contributed by atoms with E-state index in [2.05, 4.69) is 10.0 Å². The number of esters is 1. The van der Waals surface area contributed by atoms with E-state index in [-0.39, 0.29) is 47.1 Å². The molecule has 8 nitrogen and oxygen atoms in total. The van der Waals surface area contributed by atoms with E-state index in [0.29, 0.717) is 32.2 Å². The summed E-state index contributed by atoms with van der Waals surface area (Å²) in [5.41, 5.74) is 2.58. The molecule has 200 valence electrons. The van der Waals surface area contributed by atoms with Crippen molar-refractivity contribution in [1.29, 1.82) is 0 Å². The molecular formula is C27H34FN3O5S. The summed E-state index contributed by atoms with van der Waals surface area (Å²) >= 11 is 0. The lowest BCUT2D eigenvalue weighted by molar-refractivity contribution is -0.139. The van der Waals surface area contributed by atoms with Gasteiger partial charge in [0.2, 0.25) is 15.9 Å². The number of nitrogens with zero attached hydrogens (tertiary/aromatic N) is 1. The average Bonchev–Trinajstić information content (AvgIpc) is 2.89. The first kappa shape index (κ1) is 27.1. The molecule has 1 atom stereocenters. The Morgan fingerprint density at radius 2 is 1.81 bits per heavy atom. The van der Waals surface area contributed by atoms with Gasteiger partial charge in [0.15, 0.2) is 0 Å². The van der Waals surface area contributed by atoms with Crippen LogP contribution in [0.15, 0.2) is 47.4 Å². The van der Waals surface area contributed by atoms with E-state index in [1.807, 2.05) is 17.9 Å². The summed E-state index contributed by atoms with van der Waals surface area (Å²) in [5, 5.41) is 2.99. The highest BCUT2D eigenvalue weighted by Gasteiger charge is 2.30. The summed E-state index contributed by atoms with van der Waals surface area (Å²) in [6.07, 6.45) is 3.97. The number of sulfonamides is 1. The molecule has 10 heteroatoms. The van der Waals surface area contributed by atoms with Gasteiger partial charge in [-0.2, -0.15) is 0 Å². The van der Waals surface area contributed by atoms with Gasteiger partial charge in [0.1, 0.15) is 12.4 Å². The number of anilines is 1. The molecule has 1 saturated carbocycles. The Bertz CT molecular complexity index is 1230. The van der Waals surface area contributed by atoms with Crippen LogP contribution in [-0.2, 0) is 30.8 Å². The fraction of sp³-hybridized carbons (Fsp3) is 0.481. The van der Waals surface area contributed by atoms with E-state index in [1.54, 1.807) is 24.3 Å². The van der Waals surface area contributed by atoms with E-state index < -0.39 is 10.0 Å². The smallest absolute Gasteiger partial charge is 0.325 e. The first-order valence-electron chi connectivity index (χ1n) is 12.7. The number of ether oxygens (including phenoxy) is 1. The largest absolute Gasteiger partial charge is 0.468 e. The maximum atomic E-state index is 13.2. The topological polar surface area (TPSA) is 105 Å². The zero-order chi connectivity index (χ0) is 26.6. The Balaban J connectivity index is 1.34. The van der Waals surface area contributed by atoms with Gasteiger partial charge in [-0.05, 0) is 80.8 Å². The maximum Gasteiger partial charge on any atom is 0.325 e. The lowest BCUT2D eigenvalue weighted by Crippen LogP contribution is -2.41. The highest BCUT2D eigenvalue weighted by Crippen LogP contribution is 2.31. The van der Waals surface area contributed by atoms with Gasteiger partial charge < -0.3 is 15.0 Å².